The molecule has 1 aromatic carbocycles. The molecule has 33 heavy (non-hydrogen) atoms. The van der Waals surface area contributed by atoms with Gasteiger partial charge in [-0.1, -0.05) is 0 Å². The molecule has 0 aliphatic heterocycles. The molecule has 0 saturated heterocycles. The molecule has 0 unspecified atom stereocenters. The first-order chi connectivity index (χ1) is 15.7. The van der Waals surface area contributed by atoms with Crippen molar-refractivity contribution in [3.63, 3.8) is 0 Å². The van der Waals surface area contributed by atoms with Crippen LogP contribution < -0.4 is 5.32 Å². The molecule has 1 amide bonds. The maximum atomic E-state index is 13.7. The van der Waals surface area contributed by atoms with Gasteiger partial charge in [-0.05, 0) is 37.3 Å². The van der Waals surface area contributed by atoms with Gasteiger partial charge in [0.1, 0.15) is 0 Å². The van der Waals surface area contributed by atoms with Gasteiger partial charge >= 0.3 is 12.1 Å². The van der Waals surface area contributed by atoms with E-state index in [1.807, 2.05) is 0 Å². The minimum atomic E-state index is -4.81. The van der Waals surface area contributed by atoms with E-state index in [0.29, 0.717) is 11.3 Å². The summed E-state index contributed by atoms with van der Waals surface area (Å²) in [6.45, 7) is 1.66. The average molecular weight is 456 g/mol. The number of alkyl halides is 3. The number of methoxy groups -OCH3 is 1. The first-order valence-electron chi connectivity index (χ1n) is 9.42. The van der Waals surface area contributed by atoms with E-state index < -0.39 is 23.9 Å². The minimum Gasteiger partial charge on any atom is -0.465 e. The molecule has 3 aromatic heterocycles. The molecule has 1 N–H and O–H groups in total. The Morgan fingerprint density at radius 1 is 1.09 bits per heavy atom. The number of aryl methyl sites for hydroxylation is 1. The third-order valence-corrected chi connectivity index (χ3v) is 4.69. The fourth-order valence-corrected chi connectivity index (χ4v) is 3.16. The Balaban J connectivity index is 1.71. The Morgan fingerprint density at radius 2 is 1.88 bits per heavy atom. The van der Waals surface area contributed by atoms with E-state index in [1.165, 1.54) is 18.2 Å². The molecule has 0 radical (unpaired) electrons. The summed E-state index contributed by atoms with van der Waals surface area (Å²) in [5.41, 5.74) is 0.872. The van der Waals surface area contributed by atoms with Crippen molar-refractivity contribution in [3.8, 4) is 5.82 Å². The minimum absolute atomic E-state index is 0.0398. The van der Waals surface area contributed by atoms with E-state index in [4.69, 9.17) is 0 Å². The van der Waals surface area contributed by atoms with Gasteiger partial charge in [0.05, 0.1) is 41.7 Å². The summed E-state index contributed by atoms with van der Waals surface area (Å²) in [5.74, 6) is -2.56. The summed E-state index contributed by atoms with van der Waals surface area (Å²) >= 11 is 0. The van der Waals surface area contributed by atoms with Gasteiger partial charge in [0.2, 0.25) is 5.82 Å². The average Bonchev–Trinajstić information content (AvgIpc) is 3.18. The smallest absolute Gasteiger partial charge is 0.450 e. The van der Waals surface area contributed by atoms with Crippen molar-refractivity contribution in [2.75, 3.05) is 12.4 Å². The highest BCUT2D eigenvalue weighted by Crippen LogP contribution is 2.33. The van der Waals surface area contributed by atoms with Gasteiger partial charge in [0.25, 0.3) is 5.91 Å². The number of carbonyl (C=O) groups excluding carboxylic acids is 2. The number of nitrogens with zero attached hydrogens (tertiary/aromatic N) is 5. The fourth-order valence-electron chi connectivity index (χ4n) is 3.16. The SMILES string of the molecule is COC(=O)c1ccc2c(c1)nc(C(F)(F)F)n2-c1cnc(NC(=O)c2cccnc2C)cn1. The lowest BCUT2D eigenvalue weighted by Crippen LogP contribution is -2.17. The third kappa shape index (κ3) is 4.22. The summed E-state index contributed by atoms with van der Waals surface area (Å²) in [6.07, 6.45) is -1.05. The number of nitrogens with one attached hydrogen (secondary N) is 1. The molecule has 4 aromatic rings. The lowest BCUT2D eigenvalue weighted by atomic mass is 10.2. The van der Waals surface area contributed by atoms with Crippen molar-refractivity contribution in [1.82, 2.24) is 24.5 Å². The molecule has 0 spiro atoms. The van der Waals surface area contributed by atoms with Crippen LogP contribution in [0.1, 0.15) is 32.2 Å². The number of aromatic nitrogens is 5. The molecular formula is C21H15F3N6O3. The molecule has 3 heterocycles. The summed E-state index contributed by atoms with van der Waals surface area (Å²) in [5, 5.41) is 2.53. The van der Waals surface area contributed by atoms with Gasteiger partial charge < -0.3 is 10.1 Å². The number of pyridine rings is 1. The molecule has 0 aliphatic carbocycles. The van der Waals surface area contributed by atoms with Gasteiger partial charge in [0.15, 0.2) is 11.6 Å². The number of esters is 1. The van der Waals surface area contributed by atoms with E-state index in [2.05, 4.69) is 30.0 Å². The fraction of sp³-hybridized carbons (Fsp3) is 0.143. The van der Waals surface area contributed by atoms with Gasteiger partial charge in [-0.25, -0.2) is 19.7 Å². The number of hydrogen-bond donors (Lipinski definition) is 1. The summed E-state index contributed by atoms with van der Waals surface area (Å²) in [7, 11) is 1.16. The standard InChI is InChI=1S/C21H15F3N6O3/c1-11-13(4-3-7-25-11)18(31)29-16-9-27-17(10-26-16)30-15-6-5-12(19(32)33-2)8-14(15)28-20(30)21(22,23)24/h3-10H,1-2H3,(H,26,29,31). The lowest BCUT2D eigenvalue weighted by molar-refractivity contribution is -0.145. The van der Waals surface area contributed by atoms with E-state index in [0.717, 1.165) is 24.1 Å². The van der Waals surface area contributed by atoms with Crippen LogP contribution in [-0.4, -0.2) is 43.5 Å². The maximum Gasteiger partial charge on any atom is 0.450 e. The number of fused-ring (bicyclic) bond motifs is 1. The molecule has 0 saturated carbocycles. The normalized spacial score (nSPS) is 11.4. The van der Waals surface area contributed by atoms with E-state index in [-0.39, 0.29) is 28.2 Å². The molecule has 12 heteroatoms. The number of rotatable bonds is 4. The monoisotopic (exact) mass is 456 g/mol. The van der Waals surface area contributed by atoms with E-state index >= 15 is 0 Å². The summed E-state index contributed by atoms with van der Waals surface area (Å²) < 4.78 is 46.4. The van der Waals surface area contributed by atoms with Crippen LogP contribution in [0.25, 0.3) is 16.9 Å². The molecule has 0 aliphatic rings. The van der Waals surface area contributed by atoms with Crippen molar-refractivity contribution in [2.24, 2.45) is 0 Å². The van der Waals surface area contributed by atoms with Crippen LogP contribution in [0.3, 0.4) is 0 Å². The quantitative estimate of drug-likeness (QED) is 0.467. The zero-order chi connectivity index (χ0) is 23.8. The van der Waals surface area contributed by atoms with Gasteiger partial charge in [-0.15, -0.1) is 0 Å². The van der Waals surface area contributed by atoms with Crippen LogP contribution in [-0.2, 0) is 10.9 Å². The lowest BCUT2D eigenvalue weighted by Gasteiger charge is -2.11. The highest BCUT2D eigenvalue weighted by molar-refractivity contribution is 6.04. The molecule has 168 valence electrons. The van der Waals surface area contributed by atoms with Gasteiger partial charge in [0, 0.05) is 11.9 Å². The number of imidazole rings is 1. The number of halogens is 3. The number of amides is 1. The number of ether oxygens (including phenoxy) is 1. The molecule has 0 atom stereocenters. The second-order valence-corrected chi connectivity index (χ2v) is 6.81. The predicted molar refractivity (Wildman–Crippen MR) is 110 cm³/mol. The summed E-state index contributed by atoms with van der Waals surface area (Å²) in [6, 6.07) is 7.02. The molecule has 9 nitrogen and oxygen atoms in total. The Bertz CT molecular complexity index is 1370. The van der Waals surface area contributed by atoms with Crippen molar-refractivity contribution in [1.29, 1.82) is 0 Å². The second-order valence-electron chi connectivity index (χ2n) is 6.81. The Hall–Kier alpha value is -4.35. The Labute approximate surface area is 184 Å². The number of hydrogen-bond acceptors (Lipinski definition) is 7. The zero-order valence-electron chi connectivity index (χ0n) is 17.2. The van der Waals surface area contributed by atoms with Crippen LogP contribution in [0.5, 0.6) is 0 Å². The Kier molecular flexibility index (Phi) is 5.50. The number of anilines is 1. The molecular weight excluding hydrogens is 441 g/mol. The van der Waals surface area contributed by atoms with E-state index in [9.17, 15) is 22.8 Å². The van der Waals surface area contributed by atoms with Crippen LogP contribution >= 0.6 is 0 Å². The van der Waals surface area contributed by atoms with Gasteiger partial charge in [-0.2, -0.15) is 13.2 Å². The number of benzene rings is 1. The van der Waals surface area contributed by atoms with Crippen LogP contribution in [0, 0.1) is 6.92 Å². The van der Waals surface area contributed by atoms with E-state index in [1.54, 1.807) is 25.3 Å². The third-order valence-electron chi connectivity index (χ3n) is 4.69. The highest BCUT2D eigenvalue weighted by atomic mass is 19.4. The Morgan fingerprint density at radius 3 is 2.52 bits per heavy atom. The molecule has 0 fully saturated rings. The van der Waals surface area contributed by atoms with Crippen molar-refractivity contribution < 1.29 is 27.5 Å². The predicted octanol–water partition coefficient (Wildman–Crippen LogP) is 3.58. The van der Waals surface area contributed by atoms with Crippen molar-refractivity contribution in [3.05, 3.63) is 71.6 Å². The topological polar surface area (TPSA) is 112 Å². The highest BCUT2D eigenvalue weighted by Gasteiger charge is 2.38. The van der Waals surface area contributed by atoms with Crippen LogP contribution in [0.4, 0.5) is 19.0 Å². The molecule has 4 rings (SSSR count). The number of carbonyl (C=O) groups is 2. The van der Waals surface area contributed by atoms with Crippen molar-refractivity contribution in [2.45, 2.75) is 13.1 Å². The van der Waals surface area contributed by atoms with Crippen molar-refractivity contribution >= 4 is 28.7 Å². The van der Waals surface area contributed by atoms with Crippen LogP contribution in [0.2, 0.25) is 0 Å². The zero-order valence-corrected chi connectivity index (χ0v) is 17.2. The van der Waals surface area contributed by atoms with Gasteiger partial charge in [-0.3, -0.25) is 14.3 Å². The first-order valence-corrected chi connectivity index (χ1v) is 9.42. The maximum absolute atomic E-state index is 13.7. The molecule has 0 bridgehead atoms. The first kappa shape index (κ1) is 21.9. The van der Waals surface area contributed by atoms with Crippen LogP contribution in [0.15, 0.2) is 48.9 Å². The second kappa shape index (κ2) is 8.30. The summed E-state index contributed by atoms with van der Waals surface area (Å²) in [4.78, 5) is 39.8. The largest absolute Gasteiger partial charge is 0.465 e.